The third-order valence-electron chi connectivity index (χ3n) is 2.57. The first-order valence-corrected chi connectivity index (χ1v) is 6.94. The summed E-state index contributed by atoms with van der Waals surface area (Å²) in [6.07, 6.45) is 0.0311. The van der Waals surface area contributed by atoms with Crippen LogP contribution < -0.4 is 0 Å². The maximum atomic E-state index is 13.3. The van der Waals surface area contributed by atoms with Gasteiger partial charge in [-0.25, -0.2) is 4.39 Å². The van der Waals surface area contributed by atoms with Gasteiger partial charge in [0.1, 0.15) is 5.82 Å². The lowest BCUT2D eigenvalue weighted by molar-refractivity contribution is 0.0993. The Balaban J connectivity index is 2.28. The molecule has 0 saturated carbocycles. The minimum Gasteiger partial charge on any atom is -0.294 e. The molecule has 0 amide bonds. The summed E-state index contributed by atoms with van der Waals surface area (Å²) >= 11 is 15.0. The Hall–Kier alpha value is -0.900. The Morgan fingerprint density at radius 2 is 1.95 bits per heavy atom. The van der Waals surface area contributed by atoms with E-state index in [4.69, 9.17) is 23.2 Å². The summed E-state index contributed by atoms with van der Waals surface area (Å²) in [4.78, 5) is 12.1. The zero-order valence-corrected chi connectivity index (χ0v) is 12.7. The van der Waals surface area contributed by atoms with Crippen LogP contribution in [0.4, 0.5) is 4.39 Å². The van der Waals surface area contributed by atoms with Gasteiger partial charge >= 0.3 is 0 Å². The minimum atomic E-state index is -0.528. The van der Waals surface area contributed by atoms with Crippen molar-refractivity contribution in [3.63, 3.8) is 0 Å². The van der Waals surface area contributed by atoms with Crippen molar-refractivity contribution in [3.8, 4) is 0 Å². The van der Waals surface area contributed by atoms with E-state index in [1.165, 1.54) is 12.1 Å². The second kappa shape index (κ2) is 6.04. The maximum absolute atomic E-state index is 13.3. The molecule has 1 nitrogen and oxygen atoms in total. The van der Waals surface area contributed by atoms with Crippen LogP contribution in [-0.4, -0.2) is 5.78 Å². The van der Waals surface area contributed by atoms with E-state index in [0.717, 1.165) is 0 Å². The summed E-state index contributed by atoms with van der Waals surface area (Å²) in [5.41, 5.74) is 0.919. The molecule has 2 rings (SSSR count). The number of Topliss-reactive ketones (excluding diaryl/α,β-unsaturated/α-hetero) is 1. The smallest absolute Gasteiger partial charge is 0.167 e. The first-order chi connectivity index (χ1) is 8.97. The number of carbonyl (C=O) groups is 1. The molecule has 5 heteroatoms. The molecular weight excluding hydrogens is 354 g/mol. The molecule has 0 atom stereocenters. The lowest BCUT2D eigenvalue weighted by Crippen LogP contribution is -2.04. The molecule has 0 N–H and O–H groups in total. The second-order valence-electron chi connectivity index (χ2n) is 3.97. The predicted octanol–water partition coefficient (Wildman–Crippen LogP) is 5.32. The fourth-order valence-electron chi connectivity index (χ4n) is 1.67. The van der Waals surface area contributed by atoms with Crippen molar-refractivity contribution in [1.29, 1.82) is 0 Å². The molecule has 98 valence electrons. The highest BCUT2D eigenvalue weighted by molar-refractivity contribution is 9.10. The molecule has 0 radical (unpaired) electrons. The predicted molar refractivity (Wildman–Crippen MR) is 78.6 cm³/mol. The van der Waals surface area contributed by atoms with Crippen LogP contribution in [-0.2, 0) is 6.42 Å². The summed E-state index contributed by atoms with van der Waals surface area (Å²) in [7, 11) is 0. The largest absolute Gasteiger partial charge is 0.294 e. The summed E-state index contributed by atoms with van der Waals surface area (Å²) in [5, 5.41) is 0.444. The molecule has 0 unspecified atom stereocenters. The van der Waals surface area contributed by atoms with Gasteiger partial charge in [-0.3, -0.25) is 4.79 Å². The van der Waals surface area contributed by atoms with Gasteiger partial charge < -0.3 is 0 Å². The summed E-state index contributed by atoms with van der Waals surface area (Å²) in [6, 6.07) is 9.34. The van der Waals surface area contributed by atoms with Gasteiger partial charge in [0.25, 0.3) is 0 Å². The molecule has 0 bridgehead atoms. The van der Waals surface area contributed by atoms with Crippen molar-refractivity contribution in [3.05, 3.63) is 67.9 Å². The Labute approximate surface area is 128 Å². The van der Waals surface area contributed by atoms with E-state index in [2.05, 4.69) is 15.9 Å². The van der Waals surface area contributed by atoms with Crippen molar-refractivity contribution in [2.24, 2.45) is 0 Å². The van der Waals surface area contributed by atoms with Crippen molar-refractivity contribution in [2.75, 3.05) is 0 Å². The van der Waals surface area contributed by atoms with Gasteiger partial charge in [-0.15, -0.1) is 0 Å². The fourth-order valence-corrected chi connectivity index (χ4v) is 2.73. The van der Waals surface area contributed by atoms with Crippen molar-refractivity contribution >= 4 is 44.9 Å². The summed E-state index contributed by atoms with van der Waals surface area (Å²) in [6.45, 7) is 0. The van der Waals surface area contributed by atoms with E-state index in [9.17, 15) is 9.18 Å². The van der Waals surface area contributed by atoms with Gasteiger partial charge in [0.2, 0.25) is 0 Å². The maximum Gasteiger partial charge on any atom is 0.167 e. The van der Waals surface area contributed by atoms with E-state index in [1.54, 1.807) is 24.3 Å². The van der Waals surface area contributed by atoms with E-state index in [1.807, 2.05) is 0 Å². The van der Waals surface area contributed by atoms with Crippen LogP contribution in [0.2, 0.25) is 10.0 Å². The average Bonchev–Trinajstić information content (AvgIpc) is 2.33. The summed E-state index contributed by atoms with van der Waals surface area (Å²) in [5.74, 6) is -0.699. The van der Waals surface area contributed by atoms with Crippen molar-refractivity contribution in [2.45, 2.75) is 6.42 Å². The normalized spacial score (nSPS) is 10.5. The number of halogens is 4. The van der Waals surface area contributed by atoms with Gasteiger partial charge in [-0.2, -0.15) is 0 Å². The van der Waals surface area contributed by atoms with Crippen LogP contribution >= 0.6 is 39.1 Å². The molecule has 0 spiro atoms. The standard InChI is InChI=1S/C14H8BrCl2FO/c15-10-4-9(5-11(16)7-10)13(19)6-8-2-1-3-12(18)14(8)17/h1-5,7H,6H2. The molecule has 0 aliphatic rings. The highest BCUT2D eigenvalue weighted by Gasteiger charge is 2.13. The quantitative estimate of drug-likeness (QED) is 0.676. The van der Waals surface area contributed by atoms with Crippen LogP contribution in [0.15, 0.2) is 40.9 Å². The number of ketones is 1. The molecule has 0 aliphatic heterocycles. The van der Waals surface area contributed by atoms with Crippen LogP contribution in [0.25, 0.3) is 0 Å². The molecule has 0 heterocycles. The fraction of sp³-hybridized carbons (Fsp3) is 0.0714. The lowest BCUT2D eigenvalue weighted by Gasteiger charge is -2.05. The molecule has 19 heavy (non-hydrogen) atoms. The third kappa shape index (κ3) is 3.56. The lowest BCUT2D eigenvalue weighted by atomic mass is 10.0. The second-order valence-corrected chi connectivity index (χ2v) is 5.70. The van der Waals surface area contributed by atoms with Gasteiger partial charge in [-0.1, -0.05) is 51.3 Å². The Kier molecular flexibility index (Phi) is 4.61. The van der Waals surface area contributed by atoms with Crippen molar-refractivity contribution in [1.82, 2.24) is 0 Å². The van der Waals surface area contributed by atoms with Crippen LogP contribution in [0, 0.1) is 5.82 Å². The number of rotatable bonds is 3. The molecule has 0 aromatic heterocycles. The number of benzene rings is 2. The average molecular weight is 362 g/mol. The van der Waals surface area contributed by atoms with Crippen LogP contribution in [0.1, 0.15) is 15.9 Å². The molecular formula is C14H8BrCl2FO. The monoisotopic (exact) mass is 360 g/mol. The van der Waals surface area contributed by atoms with Crippen LogP contribution in [0.3, 0.4) is 0 Å². The molecule has 0 fully saturated rings. The highest BCUT2D eigenvalue weighted by Crippen LogP contribution is 2.24. The SMILES string of the molecule is O=C(Cc1cccc(F)c1Cl)c1cc(Cl)cc(Br)c1. The first kappa shape index (κ1) is 14.5. The van der Waals surface area contributed by atoms with E-state index in [0.29, 0.717) is 20.6 Å². The van der Waals surface area contributed by atoms with Gasteiger partial charge in [0, 0.05) is 21.5 Å². The highest BCUT2D eigenvalue weighted by atomic mass is 79.9. The zero-order chi connectivity index (χ0) is 14.0. The molecule has 0 aliphatic carbocycles. The number of hydrogen-bond donors (Lipinski definition) is 0. The Bertz CT molecular complexity index is 623. The Morgan fingerprint density at radius 1 is 1.21 bits per heavy atom. The summed E-state index contributed by atoms with van der Waals surface area (Å²) < 4.78 is 14.0. The Morgan fingerprint density at radius 3 is 2.63 bits per heavy atom. The zero-order valence-electron chi connectivity index (χ0n) is 9.59. The topological polar surface area (TPSA) is 17.1 Å². The van der Waals surface area contributed by atoms with Gasteiger partial charge in [-0.05, 0) is 29.8 Å². The molecule has 2 aromatic rings. The van der Waals surface area contributed by atoms with E-state index >= 15 is 0 Å². The minimum absolute atomic E-state index is 0.0167. The van der Waals surface area contributed by atoms with Crippen molar-refractivity contribution < 1.29 is 9.18 Å². The number of carbonyl (C=O) groups excluding carboxylic acids is 1. The number of hydrogen-bond acceptors (Lipinski definition) is 1. The van der Waals surface area contributed by atoms with Gasteiger partial charge in [0.05, 0.1) is 5.02 Å². The van der Waals surface area contributed by atoms with E-state index < -0.39 is 5.82 Å². The molecule has 0 saturated heterocycles. The van der Waals surface area contributed by atoms with E-state index in [-0.39, 0.29) is 17.2 Å². The first-order valence-electron chi connectivity index (χ1n) is 5.39. The van der Waals surface area contributed by atoms with Gasteiger partial charge in [0.15, 0.2) is 5.78 Å². The third-order valence-corrected chi connectivity index (χ3v) is 3.67. The molecule has 2 aromatic carbocycles. The van der Waals surface area contributed by atoms with Crippen LogP contribution in [0.5, 0.6) is 0 Å².